The SMILES string of the molecule is Cc1nc2ccc(CNC(=O)c3ccc(=O)[nH]n3)cc2[nH]1. The first-order chi connectivity index (χ1) is 10.1. The van der Waals surface area contributed by atoms with Crippen molar-refractivity contribution in [2.45, 2.75) is 13.5 Å². The molecule has 21 heavy (non-hydrogen) atoms. The minimum absolute atomic E-state index is 0.174. The molecule has 7 nitrogen and oxygen atoms in total. The standard InChI is InChI=1S/C14H13N5O2/c1-8-16-10-3-2-9(6-12(10)17-8)7-15-14(21)11-4-5-13(20)19-18-11/h2-6H,7H2,1H3,(H,15,21)(H,16,17)(H,19,20). The van der Waals surface area contributed by atoms with E-state index in [1.165, 1.54) is 12.1 Å². The van der Waals surface area contributed by atoms with Crippen molar-refractivity contribution in [3.8, 4) is 0 Å². The van der Waals surface area contributed by atoms with Crippen LogP contribution in [0.3, 0.4) is 0 Å². The summed E-state index contributed by atoms with van der Waals surface area (Å²) >= 11 is 0. The highest BCUT2D eigenvalue weighted by atomic mass is 16.2. The quantitative estimate of drug-likeness (QED) is 0.664. The molecule has 7 heteroatoms. The zero-order chi connectivity index (χ0) is 14.8. The molecule has 0 aliphatic rings. The number of aryl methyl sites for hydroxylation is 1. The van der Waals surface area contributed by atoms with E-state index in [1.54, 1.807) is 0 Å². The van der Waals surface area contributed by atoms with Crippen LogP contribution in [0.5, 0.6) is 0 Å². The first-order valence-corrected chi connectivity index (χ1v) is 6.41. The zero-order valence-corrected chi connectivity index (χ0v) is 11.3. The second-order valence-electron chi connectivity index (χ2n) is 4.66. The summed E-state index contributed by atoms with van der Waals surface area (Å²) in [7, 11) is 0. The lowest BCUT2D eigenvalue weighted by Gasteiger charge is -2.04. The number of fused-ring (bicyclic) bond motifs is 1. The zero-order valence-electron chi connectivity index (χ0n) is 11.3. The van der Waals surface area contributed by atoms with Crippen molar-refractivity contribution in [1.82, 2.24) is 25.5 Å². The lowest BCUT2D eigenvalue weighted by atomic mass is 10.2. The van der Waals surface area contributed by atoms with Gasteiger partial charge in [0.1, 0.15) is 11.5 Å². The number of aromatic amines is 2. The minimum atomic E-state index is -0.341. The van der Waals surface area contributed by atoms with Gasteiger partial charge in [0.2, 0.25) is 0 Å². The fourth-order valence-corrected chi connectivity index (χ4v) is 2.04. The number of carbonyl (C=O) groups is 1. The number of hydrogen-bond donors (Lipinski definition) is 3. The lowest BCUT2D eigenvalue weighted by Crippen LogP contribution is -2.25. The summed E-state index contributed by atoms with van der Waals surface area (Å²) in [5, 5.41) is 8.65. The normalized spacial score (nSPS) is 10.7. The first kappa shape index (κ1) is 13.0. The monoisotopic (exact) mass is 283 g/mol. The summed E-state index contributed by atoms with van der Waals surface area (Å²) in [4.78, 5) is 30.2. The van der Waals surface area contributed by atoms with Gasteiger partial charge in [-0.1, -0.05) is 6.07 Å². The largest absolute Gasteiger partial charge is 0.347 e. The molecule has 0 aliphatic carbocycles. The molecule has 0 aliphatic heterocycles. The average molecular weight is 283 g/mol. The molecule has 0 radical (unpaired) electrons. The van der Waals surface area contributed by atoms with Gasteiger partial charge in [-0.2, -0.15) is 5.10 Å². The van der Waals surface area contributed by atoms with Crippen LogP contribution in [0.4, 0.5) is 0 Å². The molecular weight excluding hydrogens is 270 g/mol. The van der Waals surface area contributed by atoms with Crippen LogP contribution in [-0.2, 0) is 6.54 Å². The van der Waals surface area contributed by atoms with Gasteiger partial charge in [0.25, 0.3) is 11.5 Å². The summed E-state index contributed by atoms with van der Waals surface area (Å²) in [6, 6.07) is 8.40. The van der Waals surface area contributed by atoms with E-state index in [1.807, 2.05) is 25.1 Å². The highest BCUT2D eigenvalue weighted by Crippen LogP contribution is 2.13. The van der Waals surface area contributed by atoms with E-state index < -0.39 is 0 Å². The van der Waals surface area contributed by atoms with Gasteiger partial charge in [0, 0.05) is 12.6 Å². The van der Waals surface area contributed by atoms with E-state index in [2.05, 4.69) is 25.5 Å². The maximum atomic E-state index is 11.9. The van der Waals surface area contributed by atoms with Gasteiger partial charge >= 0.3 is 0 Å². The molecule has 2 aromatic heterocycles. The van der Waals surface area contributed by atoms with E-state index in [0.29, 0.717) is 6.54 Å². The number of benzene rings is 1. The Hall–Kier alpha value is -2.96. The van der Waals surface area contributed by atoms with Crippen molar-refractivity contribution >= 4 is 16.9 Å². The molecule has 0 saturated carbocycles. The molecule has 1 amide bonds. The van der Waals surface area contributed by atoms with Gasteiger partial charge in [-0.25, -0.2) is 10.1 Å². The van der Waals surface area contributed by atoms with Crippen molar-refractivity contribution in [2.75, 3.05) is 0 Å². The summed E-state index contributed by atoms with van der Waals surface area (Å²) in [6.07, 6.45) is 0. The maximum Gasteiger partial charge on any atom is 0.271 e. The number of aromatic nitrogens is 4. The Bertz CT molecular complexity index is 845. The number of H-pyrrole nitrogens is 2. The predicted molar refractivity (Wildman–Crippen MR) is 76.9 cm³/mol. The Kier molecular flexibility index (Phi) is 3.23. The molecule has 0 fully saturated rings. The molecule has 3 aromatic rings. The van der Waals surface area contributed by atoms with E-state index in [9.17, 15) is 9.59 Å². The second kappa shape index (κ2) is 5.20. The minimum Gasteiger partial charge on any atom is -0.347 e. The Morgan fingerprint density at radius 1 is 1.29 bits per heavy atom. The molecule has 1 aromatic carbocycles. The number of hydrogen-bond acceptors (Lipinski definition) is 4. The molecule has 3 N–H and O–H groups in total. The lowest BCUT2D eigenvalue weighted by molar-refractivity contribution is 0.0945. The van der Waals surface area contributed by atoms with Gasteiger partial charge in [0.05, 0.1) is 11.0 Å². The highest BCUT2D eigenvalue weighted by molar-refractivity contribution is 5.92. The second-order valence-corrected chi connectivity index (χ2v) is 4.66. The van der Waals surface area contributed by atoms with Crippen LogP contribution in [0.25, 0.3) is 11.0 Å². The van der Waals surface area contributed by atoms with Crippen LogP contribution in [0.1, 0.15) is 21.9 Å². The number of amides is 1. The van der Waals surface area contributed by atoms with Crippen molar-refractivity contribution in [1.29, 1.82) is 0 Å². The van der Waals surface area contributed by atoms with Crippen molar-refractivity contribution in [3.63, 3.8) is 0 Å². The molecule has 3 rings (SSSR count). The third-order valence-electron chi connectivity index (χ3n) is 3.03. The average Bonchev–Trinajstić information content (AvgIpc) is 2.84. The third kappa shape index (κ3) is 2.81. The van der Waals surface area contributed by atoms with Crippen LogP contribution in [0.2, 0.25) is 0 Å². The van der Waals surface area contributed by atoms with Crippen molar-refractivity contribution in [3.05, 3.63) is 57.8 Å². The van der Waals surface area contributed by atoms with Crippen molar-refractivity contribution < 1.29 is 4.79 Å². The van der Waals surface area contributed by atoms with E-state index in [-0.39, 0.29) is 17.2 Å². The van der Waals surface area contributed by atoms with Crippen LogP contribution >= 0.6 is 0 Å². The molecule has 0 unspecified atom stereocenters. The van der Waals surface area contributed by atoms with Gasteiger partial charge in [-0.3, -0.25) is 9.59 Å². The van der Waals surface area contributed by atoms with Crippen LogP contribution in [-0.4, -0.2) is 26.1 Å². The number of nitrogens with zero attached hydrogens (tertiary/aromatic N) is 2. The van der Waals surface area contributed by atoms with E-state index in [0.717, 1.165) is 22.4 Å². The number of nitrogens with one attached hydrogen (secondary N) is 3. The molecule has 106 valence electrons. The molecule has 0 spiro atoms. The Labute approximate surface area is 119 Å². The first-order valence-electron chi connectivity index (χ1n) is 6.41. The third-order valence-corrected chi connectivity index (χ3v) is 3.03. The molecular formula is C14H13N5O2. The van der Waals surface area contributed by atoms with Gasteiger partial charge in [-0.15, -0.1) is 0 Å². The summed E-state index contributed by atoms with van der Waals surface area (Å²) in [5.74, 6) is 0.510. The topological polar surface area (TPSA) is 104 Å². The molecule has 2 heterocycles. The van der Waals surface area contributed by atoms with Crippen molar-refractivity contribution in [2.24, 2.45) is 0 Å². The smallest absolute Gasteiger partial charge is 0.271 e. The van der Waals surface area contributed by atoms with Gasteiger partial charge < -0.3 is 10.3 Å². The maximum absolute atomic E-state index is 11.9. The van der Waals surface area contributed by atoms with E-state index in [4.69, 9.17) is 0 Å². The fourth-order valence-electron chi connectivity index (χ4n) is 2.04. The Morgan fingerprint density at radius 3 is 2.90 bits per heavy atom. The number of imidazole rings is 1. The summed E-state index contributed by atoms with van der Waals surface area (Å²) < 4.78 is 0. The van der Waals surface area contributed by atoms with Crippen LogP contribution in [0.15, 0.2) is 35.1 Å². The number of rotatable bonds is 3. The molecule has 0 saturated heterocycles. The van der Waals surface area contributed by atoms with Crippen LogP contribution < -0.4 is 10.9 Å². The predicted octanol–water partition coefficient (Wildman–Crippen LogP) is 0.885. The molecule has 0 atom stereocenters. The Balaban J connectivity index is 1.72. The van der Waals surface area contributed by atoms with Gasteiger partial charge in [0.15, 0.2) is 0 Å². The Morgan fingerprint density at radius 2 is 2.14 bits per heavy atom. The van der Waals surface area contributed by atoms with Crippen LogP contribution in [0, 0.1) is 6.92 Å². The highest BCUT2D eigenvalue weighted by Gasteiger charge is 2.07. The summed E-state index contributed by atoms with van der Waals surface area (Å²) in [5.41, 5.74) is 2.61. The van der Waals surface area contributed by atoms with E-state index >= 15 is 0 Å². The number of carbonyl (C=O) groups excluding carboxylic acids is 1. The fraction of sp³-hybridized carbons (Fsp3) is 0.143. The van der Waals surface area contributed by atoms with Gasteiger partial charge in [-0.05, 0) is 30.7 Å². The molecule has 0 bridgehead atoms. The summed E-state index contributed by atoms with van der Waals surface area (Å²) in [6.45, 7) is 2.26.